The summed E-state index contributed by atoms with van der Waals surface area (Å²) in [5, 5.41) is 0. The summed E-state index contributed by atoms with van der Waals surface area (Å²) in [5.74, 6) is 0. The summed E-state index contributed by atoms with van der Waals surface area (Å²) >= 11 is 1.16. The van der Waals surface area contributed by atoms with E-state index in [0.29, 0.717) is 26.2 Å². The van der Waals surface area contributed by atoms with E-state index in [1.165, 1.54) is 6.07 Å². The lowest BCUT2D eigenvalue weighted by Gasteiger charge is -2.34. The molecule has 1 aliphatic heterocycles. The van der Waals surface area contributed by atoms with Crippen LogP contribution in [-0.4, -0.2) is 17.0 Å². The van der Waals surface area contributed by atoms with Gasteiger partial charge in [-0.1, -0.05) is 66.7 Å². The highest BCUT2D eigenvalue weighted by Gasteiger charge is 2.35. The van der Waals surface area contributed by atoms with Gasteiger partial charge in [-0.3, -0.25) is 0 Å². The molecule has 1 unspecified atom stereocenters. The zero-order valence-corrected chi connectivity index (χ0v) is 17.1. The number of fused-ring (bicyclic) bond motifs is 1. The van der Waals surface area contributed by atoms with Gasteiger partial charge in [0, 0.05) is 17.5 Å². The molecule has 3 aromatic rings. The average Bonchev–Trinajstić information content (AvgIpc) is 2.73. The summed E-state index contributed by atoms with van der Waals surface area (Å²) in [7, 11) is 0. The highest BCUT2D eigenvalue weighted by atomic mass is 32.2. The fourth-order valence-corrected chi connectivity index (χ4v) is 4.76. The number of nitrogens with zero attached hydrogens (tertiary/aromatic N) is 1. The molecule has 156 valence electrons. The fourth-order valence-electron chi connectivity index (χ4n) is 3.60. The van der Waals surface area contributed by atoms with Crippen molar-refractivity contribution in [2.24, 2.45) is 0 Å². The van der Waals surface area contributed by atoms with Crippen molar-refractivity contribution in [3.8, 4) is 0 Å². The van der Waals surface area contributed by atoms with Crippen LogP contribution >= 0.6 is 11.9 Å². The molecule has 0 amide bonds. The third-order valence-electron chi connectivity index (χ3n) is 5.14. The maximum Gasteiger partial charge on any atom is 0.417 e. The zero-order valence-electron chi connectivity index (χ0n) is 16.3. The number of rotatable bonds is 4. The first kappa shape index (κ1) is 21.0. The quantitative estimate of drug-likeness (QED) is 0.448. The number of hydrogen-bond donors (Lipinski definition) is 0. The Morgan fingerprint density at radius 1 is 0.867 bits per heavy atom. The highest BCUT2D eigenvalue weighted by molar-refractivity contribution is 7.97. The minimum atomic E-state index is -4.39. The van der Waals surface area contributed by atoms with Crippen LogP contribution in [0.1, 0.15) is 22.3 Å². The summed E-state index contributed by atoms with van der Waals surface area (Å²) in [4.78, 5) is 0.209. The van der Waals surface area contributed by atoms with Gasteiger partial charge in [-0.05, 0) is 47.2 Å². The second-order valence-electron chi connectivity index (χ2n) is 7.29. The maximum absolute atomic E-state index is 13.6. The van der Waals surface area contributed by atoms with Crippen LogP contribution in [0.25, 0.3) is 0 Å². The van der Waals surface area contributed by atoms with Gasteiger partial charge >= 0.3 is 6.18 Å². The number of halogens is 3. The molecule has 1 atom stereocenters. The van der Waals surface area contributed by atoms with Crippen molar-refractivity contribution < 1.29 is 17.9 Å². The predicted molar refractivity (Wildman–Crippen MR) is 113 cm³/mol. The first-order valence-corrected chi connectivity index (χ1v) is 10.6. The molecule has 0 bridgehead atoms. The molecule has 3 aromatic carbocycles. The molecule has 0 radical (unpaired) electrons. The molecule has 2 nitrogen and oxygen atoms in total. The van der Waals surface area contributed by atoms with Crippen molar-refractivity contribution in [1.82, 2.24) is 4.31 Å². The Hall–Kier alpha value is -2.28. The van der Waals surface area contributed by atoms with Crippen LogP contribution in [0.5, 0.6) is 0 Å². The molecule has 0 saturated heterocycles. The standard InChI is InChI=1S/C24H22F3NOS/c25-24(26,27)22-12-6-7-13-23(22)30-28-15-19-10-4-5-11-20(19)16-29-17-21(28)14-18-8-2-1-3-9-18/h1-13,21H,14-17H2. The lowest BCUT2D eigenvalue weighted by atomic mass is 10.0. The molecule has 6 heteroatoms. The highest BCUT2D eigenvalue weighted by Crippen LogP contribution is 2.39. The molecule has 30 heavy (non-hydrogen) atoms. The number of alkyl halides is 3. The molecule has 0 saturated carbocycles. The maximum atomic E-state index is 13.6. The first-order chi connectivity index (χ1) is 14.5. The van der Waals surface area contributed by atoms with Crippen LogP contribution in [0.15, 0.2) is 83.8 Å². The van der Waals surface area contributed by atoms with Gasteiger partial charge in [-0.2, -0.15) is 13.2 Å². The summed E-state index contributed by atoms with van der Waals surface area (Å²) < 4.78 is 48.7. The molecule has 0 aromatic heterocycles. The Morgan fingerprint density at radius 2 is 1.53 bits per heavy atom. The van der Waals surface area contributed by atoms with Crippen molar-refractivity contribution in [3.63, 3.8) is 0 Å². The van der Waals surface area contributed by atoms with E-state index in [4.69, 9.17) is 4.74 Å². The van der Waals surface area contributed by atoms with Gasteiger partial charge in [0.2, 0.25) is 0 Å². The van der Waals surface area contributed by atoms with Gasteiger partial charge < -0.3 is 4.74 Å². The van der Waals surface area contributed by atoms with Crippen LogP contribution in [-0.2, 0) is 30.5 Å². The lowest BCUT2D eigenvalue weighted by molar-refractivity contribution is -0.139. The van der Waals surface area contributed by atoms with Gasteiger partial charge in [0.25, 0.3) is 0 Å². The Labute approximate surface area is 178 Å². The molecule has 0 spiro atoms. The Bertz CT molecular complexity index is 977. The zero-order chi connectivity index (χ0) is 21.0. The van der Waals surface area contributed by atoms with Crippen LogP contribution < -0.4 is 0 Å². The van der Waals surface area contributed by atoms with Crippen molar-refractivity contribution in [1.29, 1.82) is 0 Å². The van der Waals surface area contributed by atoms with E-state index in [0.717, 1.165) is 34.7 Å². The van der Waals surface area contributed by atoms with Crippen molar-refractivity contribution >= 4 is 11.9 Å². The van der Waals surface area contributed by atoms with Crippen LogP contribution in [0.2, 0.25) is 0 Å². The summed E-state index contributed by atoms with van der Waals surface area (Å²) in [6.07, 6.45) is -3.69. The van der Waals surface area contributed by atoms with Gasteiger partial charge in [-0.15, -0.1) is 0 Å². The molecule has 0 aliphatic carbocycles. The van der Waals surface area contributed by atoms with E-state index in [1.807, 2.05) is 58.9 Å². The third-order valence-corrected chi connectivity index (χ3v) is 6.36. The minimum Gasteiger partial charge on any atom is -0.375 e. The van der Waals surface area contributed by atoms with E-state index >= 15 is 0 Å². The van der Waals surface area contributed by atoms with E-state index in [2.05, 4.69) is 0 Å². The number of ether oxygens (including phenoxy) is 1. The van der Waals surface area contributed by atoms with E-state index in [1.54, 1.807) is 12.1 Å². The molecule has 1 heterocycles. The SMILES string of the molecule is FC(F)(F)c1ccccc1SN1Cc2ccccc2COCC1Cc1ccccc1. The van der Waals surface area contributed by atoms with Gasteiger partial charge in [0.15, 0.2) is 0 Å². The topological polar surface area (TPSA) is 12.5 Å². The summed E-state index contributed by atoms with van der Waals surface area (Å²) in [6.45, 7) is 1.51. The largest absolute Gasteiger partial charge is 0.417 e. The van der Waals surface area contributed by atoms with E-state index < -0.39 is 11.7 Å². The van der Waals surface area contributed by atoms with Crippen molar-refractivity contribution in [2.75, 3.05) is 6.61 Å². The van der Waals surface area contributed by atoms with Gasteiger partial charge in [0.1, 0.15) is 0 Å². The molecule has 0 fully saturated rings. The molecule has 4 rings (SSSR count). The monoisotopic (exact) mass is 429 g/mol. The Balaban J connectivity index is 1.68. The number of hydrogen-bond acceptors (Lipinski definition) is 3. The third kappa shape index (κ3) is 5.06. The smallest absolute Gasteiger partial charge is 0.375 e. The second kappa shape index (κ2) is 9.25. The molecule has 1 aliphatic rings. The van der Waals surface area contributed by atoms with E-state index in [9.17, 15) is 13.2 Å². The van der Waals surface area contributed by atoms with Gasteiger partial charge in [0.05, 0.1) is 18.8 Å². The van der Waals surface area contributed by atoms with Crippen molar-refractivity contribution in [3.05, 3.63) is 101 Å². The fraction of sp³-hybridized carbons (Fsp3) is 0.250. The van der Waals surface area contributed by atoms with Gasteiger partial charge in [-0.25, -0.2) is 4.31 Å². The predicted octanol–water partition coefficient (Wildman–Crippen LogP) is 6.36. The Morgan fingerprint density at radius 3 is 2.30 bits per heavy atom. The summed E-state index contributed by atoms with van der Waals surface area (Å²) in [6, 6.07) is 23.6. The molecule has 0 N–H and O–H groups in total. The van der Waals surface area contributed by atoms with Crippen LogP contribution in [0, 0.1) is 0 Å². The van der Waals surface area contributed by atoms with Crippen LogP contribution in [0.4, 0.5) is 13.2 Å². The Kier molecular flexibility index (Phi) is 6.46. The van der Waals surface area contributed by atoms with Crippen LogP contribution in [0.3, 0.4) is 0 Å². The second-order valence-corrected chi connectivity index (χ2v) is 8.38. The molecular weight excluding hydrogens is 407 g/mol. The normalized spacial score (nSPS) is 17.8. The first-order valence-electron chi connectivity index (χ1n) is 9.80. The number of benzene rings is 3. The molecular formula is C24H22F3NOS. The van der Waals surface area contributed by atoms with E-state index in [-0.39, 0.29) is 10.9 Å². The van der Waals surface area contributed by atoms with Crippen molar-refractivity contribution in [2.45, 2.75) is 36.7 Å². The minimum absolute atomic E-state index is 0.0629. The lowest BCUT2D eigenvalue weighted by Crippen LogP contribution is -2.37. The summed E-state index contributed by atoms with van der Waals surface area (Å²) in [5.41, 5.74) is 2.68. The average molecular weight is 430 g/mol.